The molecule has 1 aromatic carbocycles. The van der Waals surface area contributed by atoms with Gasteiger partial charge in [0.2, 0.25) is 5.91 Å². The van der Waals surface area contributed by atoms with E-state index in [2.05, 4.69) is 0 Å². The number of β-lactam (4-membered cyclic amide) rings is 1. The summed E-state index contributed by atoms with van der Waals surface area (Å²) in [6, 6.07) is 3.26. The van der Waals surface area contributed by atoms with Gasteiger partial charge < -0.3 is 20.2 Å². The van der Waals surface area contributed by atoms with Crippen molar-refractivity contribution in [2.45, 2.75) is 31.2 Å². The Balaban J connectivity index is 1.78. The van der Waals surface area contributed by atoms with Crippen LogP contribution in [0.15, 0.2) is 24.3 Å². The van der Waals surface area contributed by atoms with E-state index < -0.39 is 52.8 Å². The number of Topliss-reactive ketones (excluding diaryl/α,β-unsaturated/α-hetero) is 1. The molecule has 4 unspecified atom stereocenters. The van der Waals surface area contributed by atoms with Crippen molar-refractivity contribution in [2.24, 2.45) is 11.8 Å². The number of carbonyl (C=O) groups is 3. The minimum absolute atomic E-state index is 0.0940. The van der Waals surface area contributed by atoms with Crippen molar-refractivity contribution < 1.29 is 34.6 Å². The first-order valence-corrected chi connectivity index (χ1v) is 8.74. The summed E-state index contributed by atoms with van der Waals surface area (Å²) in [5, 5.41) is 39.4. The second kappa shape index (κ2) is 7.34. The summed E-state index contributed by atoms with van der Waals surface area (Å²) in [7, 11) is 0. The molecule has 10 nitrogen and oxygen atoms in total. The summed E-state index contributed by atoms with van der Waals surface area (Å²) >= 11 is 5.03. The van der Waals surface area contributed by atoms with Crippen molar-refractivity contribution in [1.29, 1.82) is 0 Å². The zero-order valence-electron chi connectivity index (χ0n) is 14.3. The van der Waals surface area contributed by atoms with Crippen LogP contribution in [0.25, 0.3) is 0 Å². The number of ketones is 1. The Kier molecular flexibility index (Phi) is 5.24. The molecule has 0 spiro atoms. The highest BCUT2D eigenvalue weighted by Gasteiger charge is 2.62. The standard InChI is InChI=1S/C17H16N2O8S/c20-10(5-7-1-3-8(4-2-7)19(26)27)13(16(22)23)12-9-6-11(28)14(17(24)25)18(9)15(12)21/h1-4,9,12-14,16,22-23H,5-6H2,(H,24,25). The van der Waals surface area contributed by atoms with E-state index in [1.165, 1.54) is 24.3 Å². The van der Waals surface area contributed by atoms with E-state index in [0.29, 0.717) is 5.56 Å². The number of aliphatic hydroxyl groups is 2. The summed E-state index contributed by atoms with van der Waals surface area (Å²) in [6.07, 6.45) is -2.28. The molecular weight excluding hydrogens is 392 g/mol. The molecule has 0 bridgehead atoms. The fraction of sp³-hybridized carbons (Fsp3) is 0.412. The lowest BCUT2D eigenvalue weighted by molar-refractivity contribution is -0.384. The van der Waals surface area contributed by atoms with Crippen LogP contribution in [0.1, 0.15) is 12.0 Å². The van der Waals surface area contributed by atoms with E-state index in [-0.39, 0.29) is 23.4 Å². The molecule has 0 saturated carbocycles. The Morgan fingerprint density at radius 1 is 1.29 bits per heavy atom. The highest BCUT2D eigenvalue weighted by Crippen LogP contribution is 2.43. The van der Waals surface area contributed by atoms with Gasteiger partial charge >= 0.3 is 5.97 Å². The fourth-order valence-electron chi connectivity index (χ4n) is 3.86. The molecule has 0 radical (unpaired) electrons. The number of hydrogen-bond donors (Lipinski definition) is 3. The first-order valence-electron chi connectivity index (χ1n) is 8.33. The molecule has 0 aromatic heterocycles. The number of rotatable bonds is 7. The van der Waals surface area contributed by atoms with Gasteiger partial charge in [-0.25, -0.2) is 4.79 Å². The Morgan fingerprint density at radius 3 is 2.39 bits per heavy atom. The molecule has 0 aliphatic carbocycles. The zero-order valence-corrected chi connectivity index (χ0v) is 15.1. The predicted molar refractivity (Wildman–Crippen MR) is 96.3 cm³/mol. The second-order valence-corrected chi connectivity index (χ2v) is 7.28. The lowest BCUT2D eigenvalue weighted by Gasteiger charge is -2.47. The third-order valence-corrected chi connectivity index (χ3v) is 5.53. The van der Waals surface area contributed by atoms with Gasteiger partial charge in [-0.3, -0.25) is 19.7 Å². The third-order valence-electron chi connectivity index (χ3n) is 5.14. The van der Waals surface area contributed by atoms with Crippen molar-refractivity contribution >= 4 is 40.4 Å². The number of aliphatic hydroxyl groups excluding tert-OH is 1. The van der Waals surface area contributed by atoms with Crippen molar-refractivity contribution in [3.8, 4) is 0 Å². The number of fused-ring (bicyclic) bond motifs is 1. The second-order valence-electron chi connectivity index (χ2n) is 6.76. The van der Waals surface area contributed by atoms with E-state index in [4.69, 9.17) is 12.2 Å². The van der Waals surface area contributed by atoms with Gasteiger partial charge in [0, 0.05) is 29.8 Å². The topological polar surface area (TPSA) is 158 Å². The van der Waals surface area contributed by atoms with E-state index in [9.17, 15) is 39.8 Å². The van der Waals surface area contributed by atoms with Crippen molar-refractivity contribution in [3.63, 3.8) is 0 Å². The number of carboxylic acids is 1. The average molecular weight is 408 g/mol. The molecule has 4 atom stereocenters. The van der Waals surface area contributed by atoms with Gasteiger partial charge in [0.1, 0.15) is 5.78 Å². The Bertz CT molecular complexity index is 868. The van der Waals surface area contributed by atoms with Crippen molar-refractivity contribution in [3.05, 3.63) is 39.9 Å². The van der Waals surface area contributed by atoms with E-state index in [1.807, 2.05) is 0 Å². The number of nitrogens with zero attached hydrogens (tertiary/aromatic N) is 2. The number of carboxylic acid groups (broad SMARTS) is 1. The van der Waals surface area contributed by atoms with Gasteiger partial charge in [-0.1, -0.05) is 24.4 Å². The van der Waals surface area contributed by atoms with Gasteiger partial charge in [-0.15, -0.1) is 0 Å². The molecular formula is C17H16N2O8S. The van der Waals surface area contributed by atoms with Gasteiger partial charge in [0.15, 0.2) is 12.3 Å². The number of benzene rings is 1. The van der Waals surface area contributed by atoms with Crippen LogP contribution in [-0.2, 0) is 20.8 Å². The first kappa shape index (κ1) is 20.0. The number of nitro groups is 1. The van der Waals surface area contributed by atoms with Crippen LogP contribution < -0.4 is 0 Å². The highest BCUT2D eigenvalue weighted by molar-refractivity contribution is 7.80. The Labute approximate surface area is 163 Å². The van der Waals surface area contributed by atoms with Crippen LogP contribution in [-0.4, -0.2) is 66.0 Å². The van der Waals surface area contributed by atoms with E-state index >= 15 is 0 Å². The van der Waals surface area contributed by atoms with E-state index in [1.54, 1.807) is 0 Å². The summed E-state index contributed by atoms with van der Waals surface area (Å²) in [6.45, 7) is 0. The average Bonchev–Trinajstić information content (AvgIpc) is 2.92. The predicted octanol–water partition coefficient (Wildman–Crippen LogP) is -0.313. The largest absolute Gasteiger partial charge is 0.479 e. The van der Waals surface area contributed by atoms with Crippen LogP contribution >= 0.6 is 12.2 Å². The molecule has 1 aromatic rings. The zero-order chi connectivity index (χ0) is 20.7. The molecule has 2 saturated heterocycles. The van der Waals surface area contributed by atoms with Gasteiger partial charge in [-0.2, -0.15) is 0 Å². The SMILES string of the molecule is O=C(Cc1ccc([N+](=O)[O-])cc1)C(C(O)O)C1C(=O)N2C(C(=O)O)C(=S)CC12. The smallest absolute Gasteiger partial charge is 0.331 e. The van der Waals surface area contributed by atoms with Gasteiger partial charge in [0.05, 0.1) is 22.8 Å². The minimum Gasteiger partial charge on any atom is -0.479 e. The minimum atomic E-state index is -2.11. The molecule has 2 fully saturated rings. The summed E-state index contributed by atoms with van der Waals surface area (Å²) in [5.41, 5.74) is 0.258. The Hall–Kier alpha value is -2.76. The normalized spacial score (nSPS) is 24.7. The number of non-ortho nitro benzene ring substituents is 1. The number of thiocarbonyl (C=S) groups is 1. The molecule has 1 amide bonds. The van der Waals surface area contributed by atoms with Crippen LogP contribution in [0.5, 0.6) is 0 Å². The van der Waals surface area contributed by atoms with Crippen molar-refractivity contribution in [1.82, 2.24) is 4.90 Å². The summed E-state index contributed by atoms with van der Waals surface area (Å²) < 4.78 is 0. The molecule has 28 heavy (non-hydrogen) atoms. The van der Waals surface area contributed by atoms with Gasteiger partial charge in [0.25, 0.3) is 5.69 Å². The third kappa shape index (κ3) is 3.28. The quantitative estimate of drug-likeness (QED) is 0.181. The monoisotopic (exact) mass is 408 g/mol. The highest BCUT2D eigenvalue weighted by atomic mass is 32.1. The van der Waals surface area contributed by atoms with Crippen LogP contribution in [0, 0.1) is 22.0 Å². The molecule has 3 rings (SSSR count). The maximum Gasteiger partial charge on any atom is 0.331 e. The summed E-state index contributed by atoms with van der Waals surface area (Å²) in [5.74, 6) is -5.08. The number of amides is 1. The molecule has 2 aliphatic rings. The molecule has 3 N–H and O–H groups in total. The number of hydrogen-bond acceptors (Lipinski definition) is 8. The van der Waals surface area contributed by atoms with Gasteiger partial charge in [-0.05, 0) is 5.56 Å². The molecule has 148 valence electrons. The van der Waals surface area contributed by atoms with Crippen molar-refractivity contribution in [2.75, 3.05) is 0 Å². The van der Waals surface area contributed by atoms with Crippen LogP contribution in [0.2, 0.25) is 0 Å². The number of carbonyl (C=O) groups excluding carboxylic acids is 2. The maximum atomic E-state index is 12.7. The first-order chi connectivity index (χ1) is 13.1. The lowest BCUT2D eigenvalue weighted by atomic mass is 9.74. The number of aliphatic carboxylic acids is 1. The Morgan fingerprint density at radius 2 is 1.89 bits per heavy atom. The fourth-order valence-corrected chi connectivity index (χ4v) is 4.25. The molecule has 2 heterocycles. The summed E-state index contributed by atoms with van der Waals surface area (Å²) in [4.78, 5) is 47.8. The lowest BCUT2D eigenvalue weighted by Crippen LogP contribution is -2.66. The molecule has 2 aliphatic heterocycles. The molecule has 11 heteroatoms. The number of nitro benzene ring substituents is 1. The van der Waals surface area contributed by atoms with Crippen LogP contribution in [0.4, 0.5) is 5.69 Å². The van der Waals surface area contributed by atoms with Crippen LogP contribution in [0.3, 0.4) is 0 Å². The maximum absolute atomic E-state index is 12.7. The van der Waals surface area contributed by atoms with E-state index in [0.717, 1.165) is 4.90 Å².